The highest BCUT2D eigenvalue weighted by Crippen LogP contribution is 2.44. The molecule has 0 bridgehead atoms. The Hall–Kier alpha value is -4.13. The van der Waals surface area contributed by atoms with Crippen molar-refractivity contribution in [1.82, 2.24) is 0 Å². The molecule has 0 N–H and O–H groups in total. The summed E-state index contributed by atoms with van der Waals surface area (Å²) in [4.78, 5) is 0. The molecule has 0 unspecified atom stereocenters. The molecule has 0 saturated heterocycles. The topological polar surface area (TPSA) is 0 Å². The summed E-state index contributed by atoms with van der Waals surface area (Å²) in [6.45, 7) is 6.80. The number of hydrogen-bond donors (Lipinski definition) is 0. The van der Waals surface area contributed by atoms with Gasteiger partial charge in [-0.25, -0.2) is 0 Å². The fraction of sp³-hybridized carbons (Fsp3) is 0.105. The summed E-state index contributed by atoms with van der Waals surface area (Å²) < 4.78 is 0. The van der Waals surface area contributed by atoms with Crippen LogP contribution < -0.4 is 0 Å². The molecule has 0 spiro atoms. The van der Waals surface area contributed by atoms with Gasteiger partial charge in [0.25, 0.3) is 0 Å². The molecule has 0 saturated carbocycles. The van der Waals surface area contributed by atoms with E-state index < -0.39 is 0 Å². The zero-order chi connectivity index (χ0) is 26.7. The maximum Gasteiger partial charge on any atom is 0.0412 e. The summed E-state index contributed by atoms with van der Waals surface area (Å²) >= 11 is 6.44. The average molecular weight is 521 g/mol. The first-order valence-electron chi connectivity index (χ1n) is 13.6. The van der Waals surface area contributed by atoms with Crippen LogP contribution >= 0.6 is 11.6 Å². The molecule has 1 heteroatoms. The van der Waals surface area contributed by atoms with Gasteiger partial charge in [0, 0.05) is 5.02 Å². The van der Waals surface area contributed by atoms with Gasteiger partial charge in [-0.1, -0.05) is 136 Å². The molecular formula is C38H29Cl. The van der Waals surface area contributed by atoms with Crippen LogP contribution in [0.5, 0.6) is 0 Å². The Bertz CT molecular complexity index is 1980. The number of benzene rings is 7. The van der Waals surface area contributed by atoms with Gasteiger partial charge in [-0.15, -0.1) is 0 Å². The summed E-state index contributed by atoms with van der Waals surface area (Å²) in [6.07, 6.45) is 0. The Morgan fingerprint density at radius 1 is 0.436 bits per heavy atom. The lowest BCUT2D eigenvalue weighted by Crippen LogP contribution is -2.10. The lowest BCUT2D eigenvalue weighted by molar-refractivity contribution is 0.590. The first kappa shape index (κ1) is 23.9. The maximum atomic E-state index is 6.44. The van der Waals surface area contributed by atoms with Crippen LogP contribution in [0.25, 0.3) is 65.3 Å². The molecule has 7 rings (SSSR count). The standard InChI is InChI=1S/C38H29Cl/c1-38(2,3)28-19-16-26(17-20-28)36-30-8-4-6-10-32(30)37(33-11-7-5-9-31(33)36)27-15-14-24-12-13-25-18-21-29(39)23-35(25)34(24)22-27/h4-23H,1-3H3. The fourth-order valence-corrected chi connectivity index (χ4v) is 6.24. The molecule has 0 nitrogen and oxygen atoms in total. The predicted molar refractivity (Wildman–Crippen MR) is 171 cm³/mol. The molecule has 0 radical (unpaired) electrons. The van der Waals surface area contributed by atoms with Crippen molar-refractivity contribution >= 4 is 54.7 Å². The smallest absolute Gasteiger partial charge is 0.0412 e. The minimum absolute atomic E-state index is 0.122. The fourth-order valence-electron chi connectivity index (χ4n) is 6.06. The van der Waals surface area contributed by atoms with E-state index in [9.17, 15) is 0 Å². The molecule has 7 aromatic rings. The quantitative estimate of drug-likeness (QED) is 0.157. The van der Waals surface area contributed by atoms with E-state index in [4.69, 9.17) is 11.6 Å². The first-order chi connectivity index (χ1) is 18.9. The van der Waals surface area contributed by atoms with Crippen LogP contribution in [0.4, 0.5) is 0 Å². The SMILES string of the molecule is CC(C)(C)c1ccc(-c2c3ccccc3c(-c3ccc4ccc5ccc(Cl)cc5c4c3)c3ccccc23)cc1. The Balaban J connectivity index is 1.55. The molecule has 0 aliphatic rings. The molecule has 0 aliphatic heterocycles. The number of halogens is 1. The molecule has 188 valence electrons. The Kier molecular flexibility index (Phi) is 5.51. The van der Waals surface area contributed by atoms with E-state index in [1.54, 1.807) is 0 Å². The summed E-state index contributed by atoms with van der Waals surface area (Å²) in [7, 11) is 0. The van der Waals surface area contributed by atoms with Gasteiger partial charge in [0.2, 0.25) is 0 Å². The van der Waals surface area contributed by atoms with E-state index >= 15 is 0 Å². The second-order valence-electron chi connectivity index (χ2n) is 11.5. The monoisotopic (exact) mass is 520 g/mol. The third kappa shape index (κ3) is 3.99. The van der Waals surface area contributed by atoms with Crippen LogP contribution in [0.3, 0.4) is 0 Å². The number of fused-ring (bicyclic) bond motifs is 5. The summed E-state index contributed by atoms with van der Waals surface area (Å²) in [5.41, 5.74) is 6.51. The summed E-state index contributed by atoms with van der Waals surface area (Å²) in [6, 6.07) is 44.3. The van der Waals surface area contributed by atoms with Crippen LogP contribution in [-0.4, -0.2) is 0 Å². The van der Waals surface area contributed by atoms with E-state index in [-0.39, 0.29) is 5.41 Å². The lowest BCUT2D eigenvalue weighted by atomic mass is 9.83. The molecule has 7 aromatic carbocycles. The molecule has 0 atom stereocenters. The minimum atomic E-state index is 0.122. The van der Waals surface area contributed by atoms with Crippen LogP contribution in [0.15, 0.2) is 121 Å². The van der Waals surface area contributed by atoms with Crippen LogP contribution in [0, 0.1) is 0 Å². The Morgan fingerprint density at radius 2 is 0.872 bits per heavy atom. The normalized spacial score (nSPS) is 12.1. The second kappa shape index (κ2) is 8.97. The van der Waals surface area contributed by atoms with Crippen molar-refractivity contribution in [3.05, 3.63) is 132 Å². The van der Waals surface area contributed by atoms with E-state index in [0.29, 0.717) is 0 Å². The van der Waals surface area contributed by atoms with E-state index in [1.807, 2.05) is 6.07 Å². The van der Waals surface area contributed by atoms with Crippen molar-refractivity contribution in [2.75, 3.05) is 0 Å². The molecule has 0 fully saturated rings. The third-order valence-electron chi connectivity index (χ3n) is 8.06. The van der Waals surface area contributed by atoms with Gasteiger partial charge in [-0.05, 0) is 94.5 Å². The highest BCUT2D eigenvalue weighted by molar-refractivity contribution is 6.32. The van der Waals surface area contributed by atoms with E-state index in [1.165, 1.54) is 70.9 Å². The Labute approximate surface area is 234 Å². The zero-order valence-corrected chi connectivity index (χ0v) is 23.2. The van der Waals surface area contributed by atoms with Crippen molar-refractivity contribution in [2.24, 2.45) is 0 Å². The average Bonchev–Trinajstić information content (AvgIpc) is 2.95. The van der Waals surface area contributed by atoms with Gasteiger partial charge in [-0.2, -0.15) is 0 Å². The first-order valence-corrected chi connectivity index (χ1v) is 13.9. The second-order valence-corrected chi connectivity index (χ2v) is 12.0. The highest BCUT2D eigenvalue weighted by Gasteiger charge is 2.18. The van der Waals surface area contributed by atoms with Crippen LogP contribution in [0.2, 0.25) is 5.02 Å². The van der Waals surface area contributed by atoms with Crippen molar-refractivity contribution in [3.8, 4) is 22.3 Å². The van der Waals surface area contributed by atoms with Gasteiger partial charge in [-0.3, -0.25) is 0 Å². The van der Waals surface area contributed by atoms with Crippen LogP contribution in [0.1, 0.15) is 26.3 Å². The predicted octanol–water partition coefficient (Wildman–Crippen LogP) is 11.6. The van der Waals surface area contributed by atoms with Gasteiger partial charge >= 0.3 is 0 Å². The maximum absolute atomic E-state index is 6.44. The molecule has 0 aliphatic carbocycles. The summed E-state index contributed by atoms with van der Waals surface area (Å²) in [5, 5.41) is 10.7. The highest BCUT2D eigenvalue weighted by atomic mass is 35.5. The summed E-state index contributed by atoms with van der Waals surface area (Å²) in [5.74, 6) is 0. The zero-order valence-electron chi connectivity index (χ0n) is 22.4. The van der Waals surface area contributed by atoms with Gasteiger partial charge in [0.1, 0.15) is 0 Å². The molecule has 0 amide bonds. The van der Waals surface area contributed by atoms with Crippen LogP contribution in [-0.2, 0) is 5.41 Å². The third-order valence-corrected chi connectivity index (χ3v) is 8.30. The molecule has 0 heterocycles. The molecular weight excluding hydrogens is 492 g/mol. The van der Waals surface area contributed by atoms with Gasteiger partial charge in [0.15, 0.2) is 0 Å². The van der Waals surface area contributed by atoms with Crippen molar-refractivity contribution in [3.63, 3.8) is 0 Å². The van der Waals surface area contributed by atoms with Gasteiger partial charge < -0.3 is 0 Å². The van der Waals surface area contributed by atoms with E-state index in [0.717, 1.165) is 5.02 Å². The molecule has 39 heavy (non-hydrogen) atoms. The largest absolute Gasteiger partial charge is 0.0843 e. The lowest BCUT2D eigenvalue weighted by Gasteiger charge is -2.21. The van der Waals surface area contributed by atoms with Crippen molar-refractivity contribution < 1.29 is 0 Å². The number of rotatable bonds is 2. The van der Waals surface area contributed by atoms with E-state index in [2.05, 4.69) is 136 Å². The van der Waals surface area contributed by atoms with Crippen molar-refractivity contribution in [2.45, 2.75) is 26.2 Å². The minimum Gasteiger partial charge on any atom is -0.0843 e. The number of hydrogen-bond acceptors (Lipinski definition) is 0. The van der Waals surface area contributed by atoms with Gasteiger partial charge in [0.05, 0.1) is 0 Å². The van der Waals surface area contributed by atoms with Crippen molar-refractivity contribution in [1.29, 1.82) is 0 Å². The molecule has 0 aromatic heterocycles. The Morgan fingerprint density at radius 3 is 1.41 bits per heavy atom.